The van der Waals surface area contributed by atoms with Gasteiger partial charge < -0.3 is 10.2 Å². The molecule has 3 aliphatic rings. The lowest BCUT2D eigenvalue weighted by Crippen LogP contribution is -2.46. The summed E-state index contributed by atoms with van der Waals surface area (Å²) in [7, 11) is 0. The molecule has 5 heteroatoms. The number of rotatable bonds is 7. The SMILES string of the molecule is CCC(=O)[C@H](NC(=O)c1cccc(C2CCCN(C(=O)C3=C=CC3)C2)c1)C1CCCCC1.[HH]. The van der Waals surface area contributed by atoms with E-state index in [1.165, 1.54) is 6.42 Å². The molecule has 0 aromatic heterocycles. The molecule has 0 spiro atoms. The lowest BCUT2D eigenvalue weighted by atomic mass is 9.81. The summed E-state index contributed by atoms with van der Waals surface area (Å²) < 4.78 is 0. The smallest absolute Gasteiger partial charge is 0.257 e. The van der Waals surface area contributed by atoms with Crippen LogP contribution in [0.2, 0.25) is 0 Å². The van der Waals surface area contributed by atoms with Crippen LogP contribution in [-0.4, -0.2) is 41.6 Å². The second kappa shape index (κ2) is 10.3. The molecule has 1 saturated heterocycles. The van der Waals surface area contributed by atoms with Gasteiger partial charge in [-0.1, -0.05) is 38.3 Å². The van der Waals surface area contributed by atoms with E-state index < -0.39 is 0 Å². The van der Waals surface area contributed by atoms with Gasteiger partial charge in [-0.15, -0.1) is 5.73 Å². The molecular weight excluding hydrogens is 400 g/mol. The number of Topliss-reactive ketones (excluding diaryl/α,β-unsaturated/α-hetero) is 1. The third-order valence-corrected chi connectivity index (χ3v) is 7.27. The highest BCUT2D eigenvalue weighted by Gasteiger charge is 2.31. The van der Waals surface area contributed by atoms with Crippen molar-refractivity contribution < 1.29 is 15.8 Å². The maximum atomic E-state index is 13.1. The highest BCUT2D eigenvalue weighted by atomic mass is 16.2. The summed E-state index contributed by atoms with van der Waals surface area (Å²) >= 11 is 0. The van der Waals surface area contributed by atoms with Gasteiger partial charge in [0.2, 0.25) is 0 Å². The van der Waals surface area contributed by atoms with E-state index in [9.17, 15) is 14.4 Å². The molecule has 32 heavy (non-hydrogen) atoms. The van der Waals surface area contributed by atoms with Gasteiger partial charge in [-0.3, -0.25) is 14.4 Å². The van der Waals surface area contributed by atoms with Crippen molar-refractivity contribution in [2.45, 2.75) is 76.7 Å². The Bertz CT molecular complexity index is 944. The van der Waals surface area contributed by atoms with Crippen molar-refractivity contribution in [2.75, 3.05) is 13.1 Å². The summed E-state index contributed by atoms with van der Waals surface area (Å²) in [6.07, 6.45) is 10.5. The fraction of sp³-hybridized carbons (Fsp3) is 0.556. The van der Waals surface area contributed by atoms with Crippen molar-refractivity contribution in [2.24, 2.45) is 5.92 Å². The van der Waals surface area contributed by atoms with Crippen LogP contribution in [-0.2, 0) is 9.59 Å². The number of hydrogen-bond donors (Lipinski definition) is 1. The maximum absolute atomic E-state index is 13.1. The second-order valence-corrected chi connectivity index (χ2v) is 9.42. The Morgan fingerprint density at radius 2 is 1.94 bits per heavy atom. The fourth-order valence-corrected chi connectivity index (χ4v) is 5.28. The van der Waals surface area contributed by atoms with Crippen LogP contribution in [0, 0.1) is 5.92 Å². The van der Waals surface area contributed by atoms with Crippen LogP contribution < -0.4 is 5.32 Å². The largest absolute Gasteiger partial charge is 0.342 e. The van der Waals surface area contributed by atoms with E-state index in [1.54, 1.807) is 0 Å². The Hall–Kier alpha value is -2.65. The molecule has 172 valence electrons. The molecule has 0 bridgehead atoms. The van der Waals surface area contributed by atoms with E-state index in [1.807, 2.05) is 42.2 Å². The van der Waals surface area contributed by atoms with Crippen LogP contribution in [0.3, 0.4) is 0 Å². The van der Waals surface area contributed by atoms with Gasteiger partial charge in [0.1, 0.15) is 0 Å². The molecule has 1 heterocycles. The molecule has 1 aromatic rings. The third-order valence-electron chi connectivity index (χ3n) is 7.27. The van der Waals surface area contributed by atoms with Crippen LogP contribution in [0.1, 0.15) is 88.0 Å². The highest BCUT2D eigenvalue weighted by Crippen LogP contribution is 2.30. The summed E-state index contributed by atoms with van der Waals surface area (Å²) in [4.78, 5) is 40.3. The van der Waals surface area contributed by atoms with E-state index in [0.717, 1.165) is 56.2 Å². The zero-order valence-electron chi connectivity index (χ0n) is 19.1. The monoisotopic (exact) mass is 436 g/mol. The van der Waals surface area contributed by atoms with E-state index in [4.69, 9.17) is 0 Å². The number of nitrogens with one attached hydrogen (secondary N) is 1. The summed E-state index contributed by atoms with van der Waals surface area (Å²) in [5.74, 6) is 0.520. The summed E-state index contributed by atoms with van der Waals surface area (Å²) in [6.45, 7) is 3.33. The quantitative estimate of drug-likeness (QED) is 0.626. The van der Waals surface area contributed by atoms with E-state index in [0.29, 0.717) is 24.9 Å². The Morgan fingerprint density at radius 1 is 1.16 bits per heavy atom. The molecule has 2 amide bonds. The Kier molecular flexibility index (Phi) is 7.26. The number of nitrogens with zero attached hydrogens (tertiary/aromatic N) is 1. The number of ketones is 1. The topological polar surface area (TPSA) is 66.5 Å². The predicted molar refractivity (Wildman–Crippen MR) is 126 cm³/mol. The van der Waals surface area contributed by atoms with Gasteiger partial charge in [-0.05, 0) is 55.4 Å². The van der Waals surface area contributed by atoms with Crippen LogP contribution in [0.15, 0.2) is 41.6 Å². The minimum absolute atomic E-state index is 0. The maximum Gasteiger partial charge on any atom is 0.257 e. The molecule has 4 rings (SSSR count). The minimum atomic E-state index is -0.386. The number of hydrogen-bond acceptors (Lipinski definition) is 3. The average Bonchev–Trinajstić information content (AvgIpc) is 2.81. The van der Waals surface area contributed by atoms with Crippen molar-refractivity contribution in [1.29, 1.82) is 0 Å². The second-order valence-electron chi connectivity index (χ2n) is 9.42. The first-order valence-corrected chi connectivity index (χ1v) is 12.2. The lowest BCUT2D eigenvalue weighted by Gasteiger charge is -2.34. The van der Waals surface area contributed by atoms with Gasteiger partial charge in [0.05, 0.1) is 11.6 Å². The Labute approximate surface area is 192 Å². The molecule has 1 saturated carbocycles. The molecule has 2 atom stereocenters. The molecule has 1 aromatic carbocycles. The van der Waals surface area contributed by atoms with E-state index in [-0.39, 0.29) is 36.9 Å². The van der Waals surface area contributed by atoms with Gasteiger partial charge in [-0.2, -0.15) is 0 Å². The molecule has 2 fully saturated rings. The molecule has 0 radical (unpaired) electrons. The first-order chi connectivity index (χ1) is 15.6. The van der Waals surface area contributed by atoms with Crippen molar-refractivity contribution in [1.82, 2.24) is 10.2 Å². The normalized spacial score (nSPS) is 22.0. The van der Waals surface area contributed by atoms with E-state index >= 15 is 0 Å². The number of likely N-dealkylation sites (tertiary alicyclic amines) is 1. The molecule has 5 nitrogen and oxygen atoms in total. The number of carbonyl (C=O) groups is 3. The Morgan fingerprint density at radius 3 is 2.62 bits per heavy atom. The molecule has 1 unspecified atom stereocenters. The first-order valence-electron chi connectivity index (χ1n) is 12.2. The van der Waals surface area contributed by atoms with Gasteiger partial charge in [0.15, 0.2) is 5.78 Å². The predicted octanol–water partition coefficient (Wildman–Crippen LogP) is 4.78. The summed E-state index contributed by atoms with van der Waals surface area (Å²) in [6, 6.07) is 7.35. The van der Waals surface area contributed by atoms with Crippen LogP contribution in [0.25, 0.3) is 0 Å². The molecule has 1 aliphatic heterocycles. The fourth-order valence-electron chi connectivity index (χ4n) is 5.28. The standard InChI is InChI=1S/C27H34N2O3.H2/c1-2-24(30)25(19-9-4-3-5-10-19)28-26(31)22-14-7-13-21(17-22)23-15-8-16-29(18-23)27(32)20-11-6-12-20;/h6-7,13-14,17,19,23,25H,2-5,8-11,15-16,18H2,1H3,(H,28,31);1H/t23?,25-;/m1./s1. The van der Waals surface area contributed by atoms with Gasteiger partial charge >= 0.3 is 0 Å². The first kappa shape index (κ1) is 22.5. The van der Waals surface area contributed by atoms with Gasteiger partial charge in [0, 0.05) is 38.8 Å². The zero-order valence-corrected chi connectivity index (χ0v) is 19.1. The minimum Gasteiger partial charge on any atom is -0.342 e. The number of carbonyl (C=O) groups excluding carboxylic acids is 3. The number of piperidine rings is 1. The zero-order chi connectivity index (χ0) is 22.5. The summed E-state index contributed by atoms with van der Waals surface area (Å²) in [5, 5.41) is 3.07. The van der Waals surface area contributed by atoms with Crippen LogP contribution in [0.5, 0.6) is 0 Å². The lowest BCUT2D eigenvalue weighted by molar-refractivity contribution is -0.128. The highest BCUT2D eigenvalue weighted by molar-refractivity contribution is 5.98. The molecular formula is C27H36N2O3. The van der Waals surface area contributed by atoms with E-state index in [2.05, 4.69) is 11.0 Å². The van der Waals surface area contributed by atoms with Crippen LogP contribution >= 0.6 is 0 Å². The van der Waals surface area contributed by atoms with Gasteiger partial charge in [-0.25, -0.2) is 0 Å². The number of benzene rings is 1. The van der Waals surface area contributed by atoms with Crippen molar-refractivity contribution >= 4 is 17.6 Å². The van der Waals surface area contributed by atoms with Crippen LogP contribution in [0.4, 0.5) is 0 Å². The molecule has 2 aliphatic carbocycles. The summed E-state index contributed by atoms with van der Waals surface area (Å²) in [5.41, 5.74) is 5.46. The third kappa shape index (κ3) is 5.05. The van der Waals surface area contributed by atoms with Crippen molar-refractivity contribution in [3.05, 3.63) is 52.8 Å². The Balaban J connectivity index is 0.00000306. The number of amides is 2. The van der Waals surface area contributed by atoms with Crippen molar-refractivity contribution in [3.8, 4) is 0 Å². The molecule has 1 N–H and O–H groups in total. The van der Waals surface area contributed by atoms with Crippen molar-refractivity contribution in [3.63, 3.8) is 0 Å². The van der Waals surface area contributed by atoms with Gasteiger partial charge in [0.25, 0.3) is 11.8 Å². The average molecular weight is 437 g/mol.